The third-order valence-corrected chi connectivity index (χ3v) is 6.50. The molecule has 182 valence electrons. The Morgan fingerprint density at radius 2 is 1.86 bits per heavy atom. The van der Waals surface area contributed by atoms with Gasteiger partial charge in [-0.05, 0) is 30.3 Å². The maximum atomic E-state index is 14.0. The second kappa shape index (κ2) is 10.1. The second-order valence-corrected chi connectivity index (χ2v) is 8.69. The number of carbonyl (C=O) groups excluding carboxylic acids is 1. The number of anilines is 1. The van der Waals surface area contributed by atoms with Crippen molar-refractivity contribution in [3.63, 3.8) is 0 Å². The van der Waals surface area contributed by atoms with E-state index >= 15 is 0 Å². The SMILES string of the molecule is COc1ccc(OC)c(-n2c(SCC(=O)Nc3ccccc3F)nnc2-c2c[nH]c3ccccc23)c1. The van der Waals surface area contributed by atoms with Crippen LogP contribution in [0.25, 0.3) is 28.0 Å². The van der Waals surface area contributed by atoms with Gasteiger partial charge in [0.1, 0.15) is 17.3 Å². The first-order valence-corrected chi connectivity index (χ1v) is 12.0. The third-order valence-electron chi connectivity index (χ3n) is 5.57. The zero-order valence-electron chi connectivity index (χ0n) is 19.5. The number of aromatic amines is 1. The molecule has 8 nitrogen and oxygen atoms in total. The average Bonchev–Trinajstić information content (AvgIpc) is 3.52. The van der Waals surface area contributed by atoms with Gasteiger partial charge in [-0.2, -0.15) is 0 Å². The third kappa shape index (κ3) is 4.50. The van der Waals surface area contributed by atoms with Gasteiger partial charge in [0.2, 0.25) is 5.91 Å². The standard InChI is InChI=1S/C26H22FN5O3S/c1-34-16-11-12-23(35-2)22(13-16)32-25(18-14-28-20-9-5-3-7-17(18)20)30-31-26(32)36-15-24(33)29-21-10-6-4-8-19(21)27/h3-14,28H,15H2,1-2H3,(H,29,33). The van der Waals surface area contributed by atoms with Gasteiger partial charge in [-0.15, -0.1) is 10.2 Å². The van der Waals surface area contributed by atoms with E-state index in [1.807, 2.05) is 41.1 Å². The van der Waals surface area contributed by atoms with Gasteiger partial charge in [-0.1, -0.05) is 42.1 Å². The molecule has 0 saturated carbocycles. The fourth-order valence-electron chi connectivity index (χ4n) is 3.86. The highest BCUT2D eigenvalue weighted by molar-refractivity contribution is 7.99. The number of hydrogen-bond acceptors (Lipinski definition) is 6. The second-order valence-electron chi connectivity index (χ2n) is 7.74. The van der Waals surface area contributed by atoms with Gasteiger partial charge in [0.15, 0.2) is 11.0 Å². The molecular formula is C26H22FN5O3S. The highest BCUT2D eigenvalue weighted by Crippen LogP contribution is 2.37. The van der Waals surface area contributed by atoms with Gasteiger partial charge in [0, 0.05) is 28.7 Å². The van der Waals surface area contributed by atoms with Gasteiger partial charge in [-0.25, -0.2) is 4.39 Å². The van der Waals surface area contributed by atoms with Gasteiger partial charge in [0.05, 0.1) is 31.3 Å². The molecule has 0 unspecified atom stereocenters. The Kier molecular flexibility index (Phi) is 6.59. The zero-order chi connectivity index (χ0) is 25.1. The first-order chi connectivity index (χ1) is 17.6. The number of H-pyrrole nitrogens is 1. The molecule has 36 heavy (non-hydrogen) atoms. The Morgan fingerprint density at radius 3 is 2.67 bits per heavy atom. The molecule has 0 spiro atoms. The van der Waals surface area contributed by atoms with Crippen LogP contribution in [0.5, 0.6) is 11.5 Å². The maximum absolute atomic E-state index is 14.0. The highest BCUT2D eigenvalue weighted by atomic mass is 32.2. The lowest BCUT2D eigenvalue weighted by molar-refractivity contribution is -0.113. The minimum absolute atomic E-state index is 0.00731. The van der Waals surface area contributed by atoms with Gasteiger partial charge < -0.3 is 19.8 Å². The van der Waals surface area contributed by atoms with Crippen molar-refractivity contribution >= 4 is 34.3 Å². The fourth-order valence-corrected chi connectivity index (χ4v) is 4.61. The van der Waals surface area contributed by atoms with Crippen molar-refractivity contribution in [3.05, 3.63) is 78.7 Å². The summed E-state index contributed by atoms with van der Waals surface area (Å²) in [5.74, 6) is 0.891. The molecule has 10 heteroatoms. The van der Waals surface area contributed by atoms with Crippen molar-refractivity contribution in [2.75, 3.05) is 25.3 Å². The summed E-state index contributed by atoms with van der Waals surface area (Å²) in [5, 5.41) is 12.9. The van der Waals surface area contributed by atoms with Crippen LogP contribution in [0.15, 0.2) is 78.1 Å². The van der Waals surface area contributed by atoms with Gasteiger partial charge >= 0.3 is 0 Å². The Morgan fingerprint density at radius 1 is 1.06 bits per heavy atom. The van der Waals surface area contributed by atoms with Crippen LogP contribution >= 0.6 is 11.8 Å². The van der Waals surface area contributed by atoms with Crippen LogP contribution in [0.3, 0.4) is 0 Å². The molecule has 0 saturated heterocycles. The fraction of sp³-hybridized carbons (Fsp3) is 0.115. The van der Waals surface area contributed by atoms with Crippen LogP contribution in [0.1, 0.15) is 0 Å². The minimum atomic E-state index is -0.498. The predicted molar refractivity (Wildman–Crippen MR) is 138 cm³/mol. The molecule has 1 amide bonds. The molecule has 2 heterocycles. The van der Waals surface area contributed by atoms with E-state index in [0.29, 0.717) is 28.2 Å². The highest BCUT2D eigenvalue weighted by Gasteiger charge is 2.22. The van der Waals surface area contributed by atoms with Crippen LogP contribution in [-0.4, -0.2) is 45.6 Å². The van der Waals surface area contributed by atoms with E-state index in [0.717, 1.165) is 16.5 Å². The Bertz CT molecular complexity index is 1550. The molecule has 2 N–H and O–H groups in total. The minimum Gasteiger partial charge on any atom is -0.497 e. The molecule has 3 aromatic carbocycles. The molecule has 0 radical (unpaired) electrons. The average molecular weight is 504 g/mol. The number of carbonyl (C=O) groups is 1. The summed E-state index contributed by atoms with van der Waals surface area (Å²) >= 11 is 1.18. The molecule has 0 aliphatic carbocycles. The summed E-state index contributed by atoms with van der Waals surface area (Å²) in [4.78, 5) is 15.9. The summed E-state index contributed by atoms with van der Waals surface area (Å²) in [5.41, 5.74) is 2.57. The molecule has 2 aromatic heterocycles. The molecule has 0 atom stereocenters. The quantitative estimate of drug-likeness (QED) is 0.279. The van der Waals surface area contributed by atoms with E-state index in [-0.39, 0.29) is 17.3 Å². The monoisotopic (exact) mass is 503 g/mol. The topological polar surface area (TPSA) is 94.1 Å². The molecular weight excluding hydrogens is 481 g/mol. The van der Waals surface area contributed by atoms with Crippen LogP contribution < -0.4 is 14.8 Å². The number of benzene rings is 3. The number of amides is 1. The lowest BCUT2D eigenvalue weighted by Gasteiger charge is -2.15. The lowest BCUT2D eigenvalue weighted by atomic mass is 10.1. The maximum Gasteiger partial charge on any atom is 0.234 e. The van der Waals surface area contributed by atoms with E-state index in [9.17, 15) is 9.18 Å². The normalized spacial score (nSPS) is 11.0. The Labute approximate surface area is 210 Å². The van der Waals surface area contributed by atoms with E-state index in [1.165, 1.54) is 23.9 Å². The van der Waals surface area contributed by atoms with Crippen LogP contribution in [0.4, 0.5) is 10.1 Å². The Balaban J connectivity index is 1.55. The summed E-state index contributed by atoms with van der Waals surface area (Å²) < 4.78 is 26.9. The summed E-state index contributed by atoms with van der Waals surface area (Å²) in [6, 6.07) is 19.3. The first kappa shape index (κ1) is 23.4. The molecule has 0 fully saturated rings. The van der Waals surface area contributed by atoms with Crippen molar-refractivity contribution in [1.82, 2.24) is 19.7 Å². The van der Waals surface area contributed by atoms with E-state index < -0.39 is 5.82 Å². The summed E-state index contributed by atoms with van der Waals surface area (Å²) in [7, 11) is 3.16. The Hall–Kier alpha value is -4.31. The molecule has 5 aromatic rings. The number of halogens is 1. The van der Waals surface area contributed by atoms with Gasteiger partial charge in [-0.3, -0.25) is 9.36 Å². The zero-order valence-corrected chi connectivity index (χ0v) is 20.3. The summed E-state index contributed by atoms with van der Waals surface area (Å²) in [6.45, 7) is 0. The van der Waals surface area contributed by atoms with Crippen molar-refractivity contribution in [2.24, 2.45) is 0 Å². The number of rotatable bonds is 8. The number of thioether (sulfide) groups is 1. The number of para-hydroxylation sites is 2. The number of aromatic nitrogens is 4. The van der Waals surface area contributed by atoms with Crippen LogP contribution in [0.2, 0.25) is 0 Å². The van der Waals surface area contributed by atoms with Crippen LogP contribution in [0, 0.1) is 5.82 Å². The number of nitrogens with zero attached hydrogens (tertiary/aromatic N) is 3. The predicted octanol–water partition coefficient (Wildman–Crippen LogP) is 5.30. The number of ether oxygens (including phenoxy) is 2. The number of methoxy groups -OCH3 is 2. The largest absolute Gasteiger partial charge is 0.497 e. The first-order valence-electron chi connectivity index (χ1n) is 11.0. The number of fused-ring (bicyclic) bond motifs is 1. The van der Waals surface area contributed by atoms with Crippen molar-refractivity contribution < 1.29 is 18.7 Å². The van der Waals surface area contributed by atoms with Gasteiger partial charge in [0.25, 0.3) is 0 Å². The molecule has 0 bridgehead atoms. The molecule has 5 rings (SSSR count). The van der Waals surface area contributed by atoms with E-state index in [4.69, 9.17) is 9.47 Å². The lowest BCUT2D eigenvalue weighted by Crippen LogP contribution is -2.15. The van der Waals surface area contributed by atoms with Crippen molar-refractivity contribution in [2.45, 2.75) is 5.16 Å². The molecule has 0 aliphatic heterocycles. The summed E-state index contributed by atoms with van der Waals surface area (Å²) in [6.07, 6.45) is 1.87. The van der Waals surface area contributed by atoms with Crippen LogP contribution in [-0.2, 0) is 4.79 Å². The van der Waals surface area contributed by atoms with E-state index in [1.54, 1.807) is 38.5 Å². The number of hydrogen-bond donors (Lipinski definition) is 2. The number of nitrogens with one attached hydrogen (secondary N) is 2. The molecule has 0 aliphatic rings. The smallest absolute Gasteiger partial charge is 0.234 e. The van der Waals surface area contributed by atoms with Crippen molar-refractivity contribution in [1.29, 1.82) is 0 Å². The van der Waals surface area contributed by atoms with E-state index in [2.05, 4.69) is 20.5 Å². The van der Waals surface area contributed by atoms with Crippen molar-refractivity contribution in [3.8, 4) is 28.6 Å².